The highest BCUT2D eigenvalue weighted by Gasteiger charge is 2.03. The molecule has 3 N–H and O–H groups in total. The van der Waals surface area contributed by atoms with Gasteiger partial charge in [0.25, 0.3) is 0 Å². The highest BCUT2D eigenvalue weighted by atomic mass is 32.1. The summed E-state index contributed by atoms with van der Waals surface area (Å²) < 4.78 is 13.3. The first-order valence-electron chi connectivity index (χ1n) is 6.01. The maximum absolute atomic E-state index is 13.3. The molecule has 0 unspecified atom stereocenters. The molecule has 0 bridgehead atoms. The van der Waals surface area contributed by atoms with Crippen LogP contribution in [0.3, 0.4) is 0 Å². The summed E-state index contributed by atoms with van der Waals surface area (Å²) in [4.78, 5) is 0. The van der Waals surface area contributed by atoms with Gasteiger partial charge in [0.15, 0.2) is 5.11 Å². The van der Waals surface area contributed by atoms with Crippen LogP contribution in [-0.4, -0.2) is 11.3 Å². The lowest BCUT2D eigenvalue weighted by Crippen LogP contribution is -2.23. The topological polar surface area (TPSA) is 50.4 Å². The van der Waals surface area contributed by atoms with Crippen molar-refractivity contribution in [1.82, 2.24) is 5.43 Å². The fourth-order valence-corrected chi connectivity index (χ4v) is 1.88. The zero-order valence-electron chi connectivity index (χ0n) is 10.9. The van der Waals surface area contributed by atoms with Crippen LogP contribution in [0.5, 0.6) is 0 Å². The van der Waals surface area contributed by atoms with Crippen LogP contribution in [0.4, 0.5) is 4.39 Å². The molecule has 20 heavy (non-hydrogen) atoms. The second-order valence-electron chi connectivity index (χ2n) is 4.32. The summed E-state index contributed by atoms with van der Waals surface area (Å²) in [6.07, 6.45) is 1.61. The number of benzene rings is 2. The number of rotatable bonds is 3. The molecule has 0 aliphatic carbocycles. The number of nitrogens with zero attached hydrogens (tertiary/aromatic N) is 1. The lowest BCUT2D eigenvalue weighted by Gasteiger charge is -2.06. The molecule has 5 heteroatoms. The average molecular weight is 287 g/mol. The van der Waals surface area contributed by atoms with E-state index in [2.05, 4.69) is 22.7 Å². The van der Waals surface area contributed by atoms with Crippen molar-refractivity contribution < 1.29 is 4.39 Å². The number of hydrogen-bond donors (Lipinski definition) is 2. The Morgan fingerprint density at radius 1 is 1.25 bits per heavy atom. The molecule has 102 valence electrons. The third-order valence-corrected chi connectivity index (χ3v) is 2.90. The minimum atomic E-state index is -0.239. The van der Waals surface area contributed by atoms with Crippen LogP contribution >= 0.6 is 12.2 Å². The monoisotopic (exact) mass is 287 g/mol. The van der Waals surface area contributed by atoms with Crippen molar-refractivity contribution in [3.63, 3.8) is 0 Å². The fraction of sp³-hybridized carbons (Fsp3) is 0.0667. The lowest BCUT2D eigenvalue weighted by atomic mass is 9.99. The van der Waals surface area contributed by atoms with E-state index in [4.69, 9.17) is 5.73 Å². The van der Waals surface area contributed by atoms with E-state index in [0.29, 0.717) is 0 Å². The van der Waals surface area contributed by atoms with E-state index in [1.165, 1.54) is 12.1 Å². The number of hydrogen-bond acceptors (Lipinski definition) is 2. The van der Waals surface area contributed by atoms with Crippen LogP contribution in [0.2, 0.25) is 0 Å². The van der Waals surface area contributed by atoms with Crippen molar-refractivity contribution in [2.45, 2.75) is 6.92 Å². The first-order valence-corrected chi connectivity index (χ1v) is 6.42. The first kappa shape index (κ1) is 14.1. The van der Waals surface area contributed by atoms with Gasteiger partial charge in [-0.05, 0) is 53.5 Å². The van der Waals surface area contributed by atoms with Crippen LogP contribution in [0, 0.1) is 12.7 Å². The first-order chi connectivity index (χ1) is 9.56. The van der Waals surface area contributed by atoms with Crippen LogP contribution in [-0.2, 0) is 0 Å². The molecular formula is C15H14FN3S. The minimum Gasteiger partial charge on any atom is -0.375 e. The fourth-order valence-electron chi connectivity index (χ4n) is 1.82. The number of halogens is 1. The lowest BCUT2D eigenvalue weighted by molar-refractivity contribution is 0.628. The summed E-state index contributed by atoms with van der Waals surface area (Å²) in [6, 6.07) is 12.4. The van der Waals surface area contributed by atoms with Crippen LogP contribution in [0.25, 0.3) is 11.1 Å². The number of hydrazone groups is 1. The number of aryl methyl sites for hydroxylation is 1. The standard InChI is InChI=1S/C15H14FN3S/c1-10-2-7-13(16)8-14(10)12-5-3-11(4-6-12)9-18-19-15(17)20/h2-9H,1H3,(H3,17,19,20). The Morgan fingerprint density at radius 3 is 2.60 bits per heavy atom. The Morgan fingerprint density at radius 2 is 1.95 bits per heavy atom. The van der Waals surface area contributed by atoms with Gasteiger partial charge in [-0.25, -0.2) is 4.39 Å². The molecular weight excluding hydrogens is 273 g/mol. The van der Waals surface area contributed by atoms with Gasteiger partial charge in [0, 0.05) is 0 Å². The van der Waals surface area contributed by atoms with Crippen LogP contribution in [0.1, 0.15) is 11.1 Å². The quantitative estimate of drug-likeness (QED) is 0.518. The second kappa shape index (κ2) is 6.25. The molecule has 0 aliphatic rings. The Labute approximate surface area is 122 Å². The highest BCUT2D eigenvalue weighted by Crippen LogP contribution is 2.24. The minimum absolute atomic E-state index is 0.119. The maximum atomic E-state index is 13.3. The molecule has 0 spiro atoms. The molecule has 3 nitrogen and oxygen atoms in total. The Balaban J connectivity index is 2.21. The van der Waals surface area contributed by atoms with Gasteiger partial charge in [-0.3, -0.25) is 5.43 Å². The second-order valence-corrected chi connectivity index (χ2v) is 4.76. The van der Waals surface area contributed by atoms with Gasteiger partial charge in [0.1, 0.15) is 5.82 Å². The largest absolute Gasteiger partial charge is 0.375 e. The smallest absolute Gasteiger partial charge is 0.184 e. The molecule has 0 aliphatic heterocycles. The third kappa shape index (κ3) is 3.61. The maximum Gasteiger partial charge on any atom is 0.184 e. The van der Waals surface area contributed by atoms with Crippen molar-refractivity contribution in [3.05, 3.63) is 59.4 Å². The molecule has 0 fully saturated rings. The molecule has 0 heterocycles. The predicted molar refractivity (Wildman–Crippen MR) is 84.1 cm³/mol. The van der Waals surface area contributed by atoms with Gasteiger partial charge < -0.3 is 5.73 Å². The van der Waals surface area contributed by atoms with E-state index in [0.717, 1.165) is 22.3 Å². The zero-order chi connectivity index (χ0) is 14.5. The number of nitrogens with one attached hydrogen (secondary N) is 1. The van der Waals surface area contributed by atoms with Crippen molar-refractivity contribution in [2.75, 3.05) is 0 Å². The summed E-state index contributed by atoms with van der Waals surface area (Å²) >= 11 is 4.64. The Bertz CT molecular complexity index is 651. The van der Waals surface area contributed by atoms with Crippen LogP contribution < -0.4 is 11.2 Å². The summed E-state index contributed by atoms with van der Waals surface area (Å²) in [5.41, 5.74) is 11.5. The van der Waals surface area contributed by atoms with E-state index in [1.807, 2.05) is 31.2 Å². The molecule has 0 saturated carbocycles. The van der Waals surface area contributed by atoms with Crippen molar-refractivity contribution >= 4 is 23.5 Å². The molecule has 2 rings (SSSR count). The van der Waals surface area contributed by atoms with E-state index < -0.39 is 0 Å². The van der Waals surface area contributed by atoms with Gasteiger partial charge >= 0.3 is 0 Å². The van der Waals surface area contributed by atoms with E-state index >= 15 is 0 Å². The summed E-state index contributed by atoms with van der Waals surface area (Å²) in [6.45, 7) is 1.95. The normalized spacial score (nSPS) is 10.7. The predicted octanol–water partition coefficient (Wildman–Crippen LogP) is 2.97. The van der Waals surface area contributed by atoms with E-state index in [9.17, 15) is 4.39 Å². The van der Waals surface area contributed by atoms with Crippen molar-refractivity contribution in [2.24, 2.45) is 10.8 Å². The zero-order valence-corrected chi connectivity index (χ0v) is 11.7. The van der Waals surface area contributed by atoms with E-state index in [-0.39, 0.29) is 10.9 Å². The van der Waals surface area contributed by atoms with Gasteiger partial charge in [-0.15, -0.1) is 0 Å². The van der Waals surface area contributed by atoms with Gasteiger partial charge in [-0.1, -0.05) is 30.3 Å². The summed E-state index contributed by atoms with van der Waals surface area (Å²) in [5.74, 6) is -0.239. The van der Waals surface area contributed by atoms with E-state index in [1.54, 1.807) is 12.3 Å². The molecule has 0 saturated heterocycles. The number of nitrogens with two attached hydrogens (primary N) is 1. The molecule has 2 aromatic carbocycles. The SMILES string of the molecule is Cc1ccc(F)cc1-c1ccc(C=NNC(N)=S)cc1. The molecule has 2 aromatic rings. The van der Waals surface area contributed by atoms with Gasteiger partial charge in [0.05, 0.1) is 6.21 Å². The summed E-state index contributed by atoms with van der Waals surface area (Å²) in [7, 11) is 0. The average Bonchev–Trinajstić information content (AvgIpc) is 2.42. The molecule has 0 radical (unpaired) electrons. The Kier molecular flexibility index (Phi) is 4.42. The third-order valence-electron chi connectivity index (χ3n) is 2.81. The molecule has 0 amide bonds. The van der Waals surface area contributed by atoms with Crippen molar-refractivity contribution in [3.8, 4) is 11.1 Å². The van der Waals surface area contributed by atoms with Crippen LogP contribution in [0.15, 0.2) is 47.6 Å². The molecule has 0 aromatic heterocycles. The van der Waals surface area contributed by atoms with Gasteiger partial charge in [0.2, 0.25) is 0 Å². The summed E-state index contributed by atoms with van der Waals surface area (Å²) in [5, 5.41) is 3.99. The number of thiocarbonyl (C=S) groups is 1. The van der Waals surface area contributed by atoms with Gasteiger partial charge in [-0.2, -0.15) is 5.10 Å². The van der Waals surface area contributed by atoms with Crippen molar-refractivity contribution in [1.29, 1.82) is 0 Å². The highest BCUT2D eigenvalue weighted by molar-refractivity contribution is 7.80. The molecule has 0 atom stereocenters. The Hall–Kier alpha value is -2.27.